The zero-order valence-electron chi connectivity index (χ0n) is 16.4. The van der Waals surface area contributed by atoms with E-state index in [2.05, 4.69) is 15.4 Å². The van der Waals surface area contributed by atoms with Crippen molar-refractivity contribution in [1.82, 2.24) is 14.8 Å². The van der Waals surface area contributed by atoms with Crippen molar-refractivity contribution in [2.75, 3.05) is 5.32 Å². The molecule has 7 nitrogen and oxygen atoms in total. The molecule has 2 heterocycles. The maximum absolute atomic E-state index is 13.9. The summed E-state index contributed by atoms with van der Waals surface area (Å²) in [4.78, 5) is 16.9. The number of anilines is 1. The maximum Gasteiger partial charge on any atom is 0.336 e. The van der Waals surface area contributed by atoms with Crippen molar-refractivity contribution in [3.8, 4) is 23.3 Å². The Morgan fingerprint density at radius 2 is 1.97 bits per heavy atom. The van der Waals surface area contributed by atoms with E-state index in [1.165, 1.54) is 18.2 Å². The van der Waals surface area contributed by atoms with E-state index in [0.717, 1.165) is 0 Å². The van der Waals surface area contributed by atoms with E-state index in [1.807, 2.05) is 13.8 Å². The fraction of sp³-hybridized carbons (Fsp3) is 0.136. The summed E-state index contributed by atoms with van der Waals surface area (Å²) in [6, 6.07) is 16.5. The van der Waals surface area contributed by atoms with Gasteiger partial charge in [0.15, 0.2) is 5.76 Å². The topological polar surface area (TPSA) is 82.2 Å². The summed E-state index contributed by atoms with van der Waals surface area (Å²) in [5, 5.41) is 7.13. The van der Waals surface area contributed by atoms with Crippen molar-refractivity contribution in [3.05, 3.63) is 78.3 Å². The number of carbonyl (C=O) groups excluding carboxylic acids is 1. The predicted molar refractivity (Wildman–Crippen MR) is 109 cm³/mol. The number of nitrogens with zero attached hydrogens (tertiary/aromatic N) is 3. The van der Waals surface area contributed by atoms with Gasteiger partial charge in [0.05, 0.1) is 23.6 Å². The van der Waals surface area contributed by atoms with Gasteiger partial charge in [-0.1, -0.05) is 18.2 Å². The number of hydrogen-bond acceptors (Lipinski definition) is 5. The summed E-state index contributed by atoms with van der Waals surface area (Å²) in [6.45, 7) is 3.76. The standard InChI is InChI=1S/C22H19FN4O3/c1-14(2)30-22-25-20(19-11-6-12-29-19)27(26-22)16-8-5-7-15(13-16)24-21(28)17-9-3-4-10-18(17)23/h3-14H,1-2H3,(H,24,28). The molecule has 2 aromatic heterocycles. The van der Waals surface area contributed by atoms with E-state index < -0.39 is 11.7 Å². The second-order valence-corrected chi connectivity index (χ2v) is 6.76. The van der Waals surface area contributed by atoms with Gasteiger partial charge in [-0.25, -0.2) is 9.07 Å². The van der Waals surface area contributed by atoms with Crippen LogP contribution in [0.25, 0.3) is 17.3 Å². The summed E-state index contributed by atoms with van der Waals surface area (Å²) in [5.74, 6) is -0.160. The summed E-state index contributed by atoms with van der Waals surface area (Å²) in [6.07, 6.45) is 1.44. The van der Waals surface area contributed by atoms with E-state index in [1.54, 1.807) is 53.4 Å². The molecule has 1 N–H and O–H groups in total. The number of benzene rings is 2. The number of ether oxygens (including phenoxy) is 1. The van der Waals surface area contributed by atoms with Gasteiger partial charge in [0.2, 0.25) is 5.82 Å². The highest BCUT2D eigenvalue weighted by molar-refractivity contribution is 6.04. The minimum absolute atomic E-state index is 0.0347. The fourth-order valence-corrected chi connectivity index (χ4v) is 2.86. The van der Waals surface area contributed by atoms with Crippen molar-refractivity contribution in [3.63, 3.8) is 0 Å². The van der Waals surface area contributed by atoms with E-state index in [9.17, 15) is 9.18 Å². The van der Waals surface area contributed by atoms with E-state index in [0.29, 0.717) is 23.0 Å². The lowest BCUT2D eigenvalue weighted by molar-refractivity contribution is 0.102. The van der Waals surface area contributed by atoms with Crippen LogP contribution in [0, 0.1) is 5.82 Å². The SMILES string of the molecule is CC(C)Oc1nc(-c2ccco2)n(-c2cccc(NC(=O)c3ccccc3F)c2)n1. The van der Waals surface area contributed by atoms with Crippen LogP contribution >= 0.6 is 0 Å². The van der Waals surface area contributed by atoms with Crippen LogP contribution in [0.5, 0.6) is 6.01 Å². The largest absolute Gasteiger partial charge is 0.461 e. The Hall–Kier alpha value is -3.94. The van der Waals surface area contributed by atoms with Gasteiger partial charge in [-0.2, -0.15) is 4.98 Å². The van der Waals surface area contributed by atoms with Gasteiger partial charge in [-0.3, -0.25) is 4.79 Å². The van der Waals surface area contributed by atoms with Crippen molar-refractivity contribution in [2.24, 2.45) is 0 Å². The Morgan fingerprint density at radius 1 is 1.13 bits per heavy atom. The van der Waals surface area contributed by atoms with Gasteiger partial charge < -0.3 is 14.5 Å². The molecule has 0 saturated heterocycles. The van der Waals surface area contributed by atoms with Gasteiger partial charge in [-0.15, -0.1) is 5.10 Å². The summed E-state index contributed by atoms with van der Waals surface area (Å²) < 4.78 is 26.6. The van der Waals surface area contributed by atoms with E-state index >= 15 is 0 Å². The first-order valence-corrected chi connectivity index (χ1v) is 9.35. The summed E-state index contributed by atoms with van der Waals surface area (Å²) in [5.41, 5.74) is 1.07. The second-order valence-electron chi connectivity index (χ2n) is 6.76. The van der Waals surface area contributed by atoms with Gasteiger partial charge in [-0.05, 0) is 56.3 Å². The number of rotatable bonds is 6. The van der Waals surface area contributed by atoms with E-state index in [-0.39, 0.29) is 17.7 Å². The van der Waals surface area contributed by atoms with Crippen molar-refractivity contribution in [1.29, 1.82) is 0 Å². The average molecular weight is 406 g/mol. The van der Waals surface area contributed by atoms with Crippen molar-refractivity contribution < 1.29 is 18.3 Å². The maximum atomic E-state index is 13.9. The Morgan fingerprint density at radius 3 is 2.70 bits per heavy atom. The molecule has 30 heavy (non-hydrogen) atoms. The number of halogens is 1. The Kier molecular flexibility index (Phi) is 5.30. The Balaban J connectivity index is 1.67. The molecule has 0 saturated carbocycles. The molecule has 0 aliphatic carbocycles. The molecule has 8 heteroatoms. The molecular formula is C22H19FN4O3. The lowest BCUT2D eigenvalue weighted by Gasteiger charge is -2.09. The molecule has 0 aliphatic heterocycles. The highest BCUT2D eigenvalue weighted by Crippen LogP contribution is 2.26. The number of hydrogen-bond donors (Lipinski definition) is 1. The van der Waals surface area contributed by atoms with Crippen LogP contribution in [0.3, 0.4) is 0 Å². The third-order valence-electron chi connectivity index (χ3n) is 4.14. The number of furan rings is 1. The molecule has 0 aliphatic rings. The first kappa shape index (κ1) is 19.4. The summed E-state index contributed by atoms with van der Waals surface area (Å²) >= 11 is 0. The molecule has 1 amide bonds. The number of nitrogens with one attached hydrogen (secondary N) is 1. The first-order chi connectivity index (χ1) is 14.5. The molecule has 0 radical (unpaired) electrons. The Bertz CT molecular complexity index is 1170. The molecule has 4 rings (SSSR count). The third-order valence-corrected chi connectivity index (χ3v) is 4.14. The molecular weight excluding hydrogens is 387 g/mol. The van der Waals surface area contributed by atoms with Crippen LogP contribution < -0.4 is 10.1 Å². The average Bonchev–Trinajstić information content (AvgIpc) is 3.38. The highest BCUT2D eigenvalue weighted by Gasteiger charge is 2.18. The van der Waals surface area contributed by atoms with Crippen LogP contribution in [0.4, 0.5) is 10.1 Å². The zero-order valence-corrected chi connectivity index (χ0v) is 16.4. The smallest absolute Gasteiger partial charge is 0.336 e. The number of amides is 1. The van der Waals surface area contributed by atoms with Gasteiger partial charge in [0.25, 0.3) is 5.91 Å². The minimum atomic E-state index is -0.585. The second kappa shape index (κ2) is 8.20. The summed E-state index contributed by atoms with van der Waals surface area (Å²) in [7, 11) is 0. The molecule has 4 aromatic rings. The quantitative estimate of drug-likeness (QED) is 0.502. The van der Waals surface area contributed by atoms with Gasteiger partial charge in [0.1, 0.15) is 5.82 Å². The van der Waals surface area contributed by atoms with Crippen molar-refractivity contribution in [2.45, 2.75) is 20.0 Å². The van der Waals surface area contributed by atoms with Crippen LogP contribution in [-0.4, -0.2) is 26.8 Å². The molecule has 152 valence electrons. The third kappa shape index (κ3) is 4.07. The van der Waals surface area contributed by atoms with Gasteiger partial charge in [0, 0.05) is 5.69 Å². The van der Waals surface area contributed by atoms with Gasteiger partial charge >= 0.3 is 6.01 Å². The minimum Gasteiger partial charge on any atom is -0.461 e. The molecule has 0 spiro atoms. The van der Waals surface area contributed by atoms with Crippen LogP contribution in [-0.2, 0) is 0 Å². The number of aromatic nitrogens is 3. The number of carbonyl (C=O) groups is 1. The van der Waals surface area contributed by atoms with Crippen molar-refractivity contribution >= 4 is 11.6 Å². The molecule has 0 bridgehead atoms. The normalized spacial score (nSPS) is 10.9. The molecule has 0 unspecified atom stereocenters. The van der Waals surface area contributed by atoms with Crippen LogP contribution in [0.15, 0.2) is 71.3 Å². The predicted octanol–water partition coefficient (Wildman–Crippen LogP) is 4.71. The molecule has 0 atom stereocenters. The highest BCUT2D eigenvalue weighted by atomic mass is 19.1. The Labute approximate surface area is 172 Å². The molecule has 0 fully saturated rings. The first-order valence-electron chi connectivity index (χ1n) is 9.35. The lowest BCUT2D eigenvalue weighted by Crippen LogP contribution is -2.14. The van der Waals surface area contributed by atoms with E-state index in [4.69, 9.17) is 9.15 Å². The monoisotopic (exact) mass is 406 g/mol. The zero-order chi connectivity index (χ0) is 21.1. The van der Waals surface area contributed by atoms with Crippen LogP contribution in [0.1, 0.15) is 24.2 Å². The molecule has 2 aromatic carbocycles. The fourth-order valence-electron chi connectivity index (χ4n) is 2.86. The lowest BCUT2D eigenvalue weighted by atomic mass is 10.2. The van der Waals surface area contributed by atoms with Crippen LogP contribution in [0.2, 0.25) is 0 Å².